The number of carbonyl (C=O) groups excluding carboxylic acids is 1. The Bertz CT molecular complexity index is 748. The number of piperazine rings is 1. The minimum atomic E-state index is -0.0157. The maximum Gasteiger partial charge on any atom is 0.254 e. The molecule has 1 amide bonds. The highest BCUT2D eigenvalue weighted by atomic mass is 35.5. The summed E-state index contributed by atoms with van der Waals surface area (Å²) in [5.74, 6) is 0.705. The molecule has 6 nitrogen and oxygen atoms in total. The lowest BCUT2D eigenvalue weighted by Crippen LogP contribution is -2.49. The minimum absolute atomic E-state index is 0.0157. The fourth-order valence-corrected chi connectivity index (χ4v) is 2.69. The molecule has 0 unspecified atom stereocenters. The number of nitriles is 1. The second kappa shape index (κ2) is 6.63. The van der Waals surface area contributed by atoms with E-state index in [9.17, 15) is 4.79 Å². The molecule has 1 aromatic carbocycles. The smallest absolute Gasteiger partial charge is 0.254 e. The highest BCUT2D eigenvalue weighted by Gasteiger charge is 2.23. The van der Waals surface area contributed by atoms with Crippen LogP contribution in [-0.2, 0) is 0 Å². The molecular formula is C16H14ClN5O. The number of hydrogen-bond acceptors (Lipinski definition) is 5. The van der Waals surface area contributed by atoms with Crippen LogP contribution in [0.25, 0.3) is 0 Å². The number of hydrogen-bond donors (Lipinski definition) is 0. The Morgan fingerprint density at radius 1 is 1.13 bits per heavy atom. The Kier molecular flexibility index (Phi) is 4.40. The Labute approximate surface area is 138 Å². The first kappa shape index (κ1) is 15.3. The first-order valence-electron chi connectivity index (χ1n) is 7.21. The van der Waals surface area contributed by atoms with Crippen LogP contribution in [-0.4, -0.2) is 47.2 Å². The molecule has 0 radical (unpaired) electrons. The number of nitrogens with zero attached hydrogens (tertiary/aromatic N) is 5. The third kappa shape index (κ3) is 3.41. The second-order valence-corrected chi connectivity index (χ2v) is 5.61. The van der Waals surface area contributed by atoms with Crippen LogP contribution < -0.4 is 4.90 Å². The van der Waals surface area contributed by atoms with Gasteiger partial charge in [-0.3, -0.25) is 4.79 Å². The van der Waals surface area contributed by atoms with Crippen molar-refractivity contribution in [2.45, 2.75) is 0 Å². The molecule has 2 heterocycles. The number of halogens is 1. The van der Waals surface area contributed by atoms with Crippen LogP contribution in [0, 0.1) is 11.3 Å². The number of anilines is 1. The second-order valence-electron chi connectivity index (χ2n) is 5.18. The van der Waals surface area contributed by atoms with Gasteiger partial charge >= 0.3 is 0 Å². The third-order valence-electron chi connectivity index (χ3n) is 3.73. The standard InChI is InChI=1S/C16H14ClN5O/c17-13-3-1-2-12(10-13)16(23)22-8-6-21(7-9-22)15-5-4-14(11-18)19-20-15/h1-5,10H,6-9H2. The van der Waals surface area contributed by atoms with E-state index in [0.29, 0.717) is 42.5 Å². The molecule has 0 atom stereocenters. The van der Waals surface area contributed by atoms with E-state index in [1.54, 1.807) is 41.3 Å². The summed E-state index contributed by atoms with van der Waals surface area (Å²) in [4.78, 5) is 16.3. The molecule has 0 saturated carbocycles. The molecule has 0 spiro atoms. The monoisotopic (exact) mass is 327 g/mol. The van der Waals surface area contributed by atoms with Gasteiger partial charge in [0, 0.05) is 36.8 Å². The van der Waals surface area contributed by atoms with E-state index in [1.807, 2.05) is 6.07 Å². The fourth-order valence-electron chi connectivity index (χ4n) is 2.50. The van der Waals surface area contributed by atoms with Gasteiger partial charge in [0.1, 0.15) is 6.07 Å². The molecular weight excluding hydrogens is 314 g/mol. The zero-order valence-electron chi connectivity index (χ0n) is 12.3. The van der Waals surface area contributed by atoms with Gasteiger partial charge in [0.2, 0.25) is 0 Å². The van der Waals surface area contributed by atoms with Gasteiger partial charge in [-0.25, -0.2) is 0 Å². The van der Waals surface area contributed by atoms with Gasteiger partial charge in [-0.2, -0.15) is 5.26 Å². The van der Waals surface area contributed by atoms with Crippen molar-refractivity contribution in [1.82, 2.24) is 15.1 Å². The summed E-state index contributed by atoms with van der Waals surface area (Å²) in [5, 5.41) is 17.2. The third-order valence-corrected chi connectivity index (χ3v) is 3.96. The molecule has 1 aromatic heterocycles. The van der Waals surface area contributed by atoms with Gasteiger partial charge in [0.05, 0.1) is 0 Å². The number of rotatable bonds is 2. The zero-order chi connectivity index (χ0) is 16.2. The van der Waals surface area contributed by atoms with Crippen LogP contribution in [0.2, 0.25) is 5.02 Å². The van der Waals surface area contributed by atoms with E-state index in [2.05, 4.69) is 15.1 Å². The summed E-state index contributed by atoms with van der Waals surface area (Å²) in [5.41, 5.74) is 0.896. The maximum absolute atomic E-state index is 12.5. The predicted molar refractivity (Wildman–Crippen MR) is 86.3 cm³/mol. The molecule has 7 heteroatoms. The highest BCUT2D eigenvalue weighted by molar-refractivity contribution is 6.30. The predicted octanol–water partition coefficient (Wildman–Crippen LogP) is 1.96. The Morgan fingerprint density at radius 2 is 1.91 bits per heavy atom. The Balaban J connectivity index is 1.64. The molecule has 0 aliphatic carbocycles. The van der Waals surface area contributed by atoms with Gasteiger partial charge in [0.15, 0.2) is 11.5 Å². The van der Waals surface area contributed by atoms with E-state index in [-0.39, 0.29) is 5.91 Å². The van der Waals surface area contributed by atoms with Gasteiger partial charge in [-0.15, -0.1) is 10.2 Å². The molecule has 1 saturated heterocycles. The van der Waals surface area contributed by atoms with Crippen LogP contribution in [0.4, 0.5) is 5.82 Å². The van der Waals surface area contributed by atoms with Crippen molar-refractivity contribution in [2.24, 2.45) is 0 Å². The molecule has 1 aliphatic heterocycles. The van der Waals surface area contributed by atoms with E-state index >= 15 is 0 Å². The Morgan fingerprint density at radius 3 is 2.52 bits per heavy atom. The van der Waals surface area contributed by atoms with Crippen LogP contribution in [0.5, 0.6) is 0 Å². The fraction of sp³-hybridized carbons (Fsp3) is 0.250. The van der Waals surface area contributed by atoms with Crippen molar-refractivity contribution in [1.29, 1.82) is 5.26 Å². The van der Waals surface area contributed by atoms with Gasteiger partial charge in [0.25, 0.3) is 5.91 Å². The SMILES string of the molecule is N#Cc1ccc(N2CCN(C(=O)c3cccc(Cl)c3)CC2)nn1. The Hall–Kier alpha value is -2.65. The summed E-state index contributed by atoms with van der Waals surface area (Å²) < 4.78 is 0. The molecule has 1 fully saturated rings. The molecule has 116 valence electrons. The number of benzene rings is 1. The molecule has 0 bridgehead atoms. The average Bonchev–Trinajstić information content (AvgIpc) is 2.61. The summed E-state index contributed by atoms with van der Waals surface area (Å²) in [6, 6.07) is 12.3. The van der Waals surface area contributed by atoms with Crippen LogP contribution >= 0.6 is 11.6 Å². The number of amides is 1. The van der Waals surface area contributed by atoms with Crippen LogP contribution in [0.15, 0.2) is 36.4 Å². The maximum atomic E-state index is 12.5. The first-order valence-corrected chi connectivity index (χ1v) is 7.59. The highest BCUT2D eigenvalue weighted by Crippen LogP contribution is 2.16. The average molecular weight is 328 g/mol. The first-order chi connectivity index (χ1) is 11.2. The van der Waals surface area contributed by atoms with Gasteiger partial charge in [-0.05, 0) is 30.3 Å². The summed E-state index contributed by atoms with van der Waals surface area (Å²) in [6.07, 6.45) is 0. The van der Waals surface area contributed by atoms with E-state index < -0.39 is 0 Å². The molecule has 23 heavy (non-hydrogen) atoms. The van der Waals surface area contributed by atoms with E-state index in [4.69, 9.17) is 16.9 Å². The summed E-state index contributed by atoms with van der Waals surface area (Å²) >= 11 is 5.94. The summed E-state index contributed by atoms with van der Waals surface area (Å²) in [6.45, 7) is 2.56. The summed E-state index contributed by atoms with van der Waals surface area (Å²) in [7, 11) is 0. The molecule has 0 N–H and O–H groups in total. The van der Waals surface area contributed by atoms with Crippen LogP contribution in [0.3, 0.4) is 0 Å². The van der Waals surface area contributed by atoms with Gasteiger partial charge in [-0.1, -0.05) is 17.7 Å². The van der Waals surface area contributed by atoms with Gasteiger partial charge < -0.3 is 9.80 Å². The number of carbonyl (C=O) groups is 1. The molecule has 2 aromatic rings. The lowest BCUT2D eigenvalue weighted by Gasteiger charge is -2.35. The quantitative estimate of drug-likeness (QED) is 0.843. The molecule has 3 rings (SSSR count). The van der Waals surface area contributed by atoms with Crippen molar-refractivity contribution < 1.29 is 4.79 Å². The minimum Gasteiger partial charge on any atom is -0.352 e. The molecule has 1 aliphatic rings. The lowest BCUT2D eigenvalue weighted by molar-refractivity contribution is 0.0746. The van der Waals surface area contributed by atoms with Crippen molar-refractivity contribution >= 4 is 23.3 Å². The van der Waals surface area contributed by atoms with Crippen LogP contribution in [0.1, 0.15) is 16.1 Å². The van der Waals surface area contributed by atoms with Crippen molar-refractivity contribution in [2.75, 3.05) is 31.1 Å². The normalized spacial score (nSPS) is 14.4. The zero-order valence-corrected chi connectivity index (χ0v) is 13.1. The van der Waals surface area contributed by atoms with Crippen molar-refractivity contribution in [3.63, 3.8) is 0 Å². The lowest BCUT2D eigenvalue weighted by atomic mass is 10.2. The van der Waals surface area contributed by atoms with Crippen molar-refractivity contribution in [3.05, 3.63) is 52.7 Å². The van der Waals surface area contributed by atoms with Crippen molar-refractivity contribution in [3.8, 4) is 6.07 Å². The largest absolute Gasteiger partial charge is 0.352 e. The van der Waals surface area contributed by atoms with E-state index in [1.165, 1.54) is 0 Å². The number of aromatic nitrogens is 2. The topological polar surface area (TPSA) is 73.1 Å². The van der Waals surface area contributed by atoms with E-state index in [0.717, 1.165) is 5.82 Å².